The summed E-state index contributed by atoms with van der Waals surface area (Å²) in [5, 5.41) is 3.41. The molecule has 1 aromatic heterocycles. The van der Waals surface area contributed by atoms with E-state index < -0.39 is 9.84 Å². The molecule has 2 fully saturated rings. The fourth-order valence-electron chi connectivity index (χ4n) is 5.77. The molecule has 0 bridgehead atoms. The van der Waals surface area contributed by atoms with E-state index in [2.05, 4.69) is 21.7 Å². The molecule has 184 valence electrons. The lowest BCUT2D eigenvalue weighted by atomic mass is 9.90. The number of aromatic nitrogens is 2. The topological polar surface area (TPSA) is 67.2 Å². The molecular formula is C26H42N4O2S. The van der Waals surface area contributed by atoms with E-state index in [1.54, 1.807) is 12.1 Å². The maximum Gasteiger partial charge on any atom is 0.175 e. The Bertz CT molecular complexity index is 1000. The van der Waals surface area contributed by atoms with Crippen LogP contribution < -0.4 is 5.32 Å². The van der Waals surface area contributed by atoms with Gasteiger partial charge in [-0.05, 0) is 56.3 Å². The predicted octanol–water partition coefficient (Wildman–Crippen LogP) is 4.59. The first-order chi connectivity index (χ1) is 16.0. The molecule has 1 N–H and O–H groups in total. The molecule has 0 unspecified atom stereocenters. The van der Waals surface area contributed by atoms with Crippen molar-refractivity contribution in [3.8, 4) is 0 Å². The quantitative estimate of drug-likeness (QED) is 0.567. The summed E-state index contributed by atoms with van der Waals surface area (Å²) >= 11 is 0. The van der Waals surface area contributed by atoms with Crippen LogP contribution in [0.25, 0.3) is 11.0 Å². The highest BCUT2D eigenvalue weighted by atomic mass is 32.2. The summed E-state index contributed by atoms with van der Waals surface area (Å²) < 4.78 is 26.6. The van der Waals surface area contributed by atoms with E-state index in [4.69, 9.17) is 4.98 Å². The summed E-state index contributed by atoms with van der Waals surface area (Å²) in [4.78, 5) is 7.96. The zero-order valence-electron chi connectivity index (χ0n) is 20.6. The third-order valence-corrected chi connectivity index (χ3v) is 8.71. The Morgan fingerprint density at radius 1 is 1.03 bits per heavy atom. The first-order valence-electron chi connectivity index (χ1n) is 13.1. The summed E-state index contributed by atoms with van der Waals surface area (Å²) in [5.41, 5.74) is 1.88. The molecule has 2 heterocycles. The van der Waals surface area contributed by atoms with Crippen LogP contribution in [0, 0.1) is 5.92 Å². The van der Waals surface area contributed by atoms with Gasteiger partial charge in [-0.15, -0.1) is 0 Å². The predicted molar refractivity (Wildman–Crippen MR) is 136 cm³/mol. The number of imidazole rings is 1. The summed E-state index contributed by atoms with van der Waals surface area (Å²) in [6, 6.07) is 5.90. The Morgan fingerprint density at radius 3 is 2.39 bits per heavy atom. The molecule has 33 heavy (non-hydrogen) atoms. The van der Waals surface area contributed by atoms with Crippen molar-refractivity contribution in [2.75, 3.05) is 39.0 Å². The molecular weight excluding hydrogens is 432 g/mol. The van der Waals surface area contributed by atoms with Crippen LogP contribution >= 0.6 is 0 Å². The van der Waals surface area contributed by atoms with Gasteiger partial charge in [0.05, 0.1) is 15.9 Å². The second-order valence-corrected chi connectivity index (χ2v) is 12.2. The SMILES string of the molecule is CCNCCc1nc2cc(S(C)(=O)=O)ccc2n1C1CCN(CC2CCCCCCC2)CC1. The Labute approximate surface area is 200 Å². The van der Waals surface area contributed by atoms with Gasteiger partial charge in [0.25, 0.3) is 0 Å². The molecule has 0 spiro atoms. The summed E-state index contributed by atoms with van der Waals surface area (Å²) in [7, 11) is -3.24. The van der Waals surface area contributed by atoms with Gasteiger partial charge in [-0.25, -0.2) is 13.4 Å². The fraction of sp³-hybridized carbons (Fsp3) is 0.731. The van der Waals surface area contributed by atoms with Crippen LogP contribution in [0.4, 0.5) is 0 Å². The number of fused-ring (bicyclic) bond motifs is 1. The van der Waals surface area contributed by atoms with E-state index in [0.717, 1.165) is 68.2 Å². The number of hydrogen-bond acceptors (Lipinski definition) is 5. The average molecular weight is 475 g/mol. The van der Waals surface area contributed by atoms with Crippen LogP contribution in [-0.2, 0) is 16.3 Å². The fourth-order valence-corrected chi connectivity index (χ4v) is 6.41. The lowest BCUT2D eigenvalue weighted by Crippen LogP contribution is -2.38. The minimum atomic E-state index is -3.24. The molecule has 1 aliphatic carbocycles. The standard InChI is InChI=1S/C26H42N4O2S/c1-3-27-16-13-26-28-24-19-23(33(2,31)32)11-12-25(24)30(26)22-14-17-29(18-15-22)20-21-9-7-5-4-6-8-10-21/h11-12,19,21-22,27H,3-10,13-18,20H2,1-2H3. The van der Waals surface area contributed by atoms with Crippen molar-refractivity contribution < 1.29 is 8.42 Å². The van der Waals surface area contributed by atoms with Crippen molar-refractivity contribution in [3.63, 3.8) is 0 Å². The summed E-state index contributed by atoms with van der Waals surface area (Å²) in [6.07, 6.45) is 14.3. The molecule has 0 amide bonds. The minimum Gasteiger partial charge on any atom is -0.325 e. The highest BCUT2D eigenvalue weighted by Crippen LogP contribution is 2.31. The van der Waals surface area contributed by atoms with Gasteiger partial charge < -0.3 is 14.8 Å². The highest BCUT2D eigenvalue weighted by molar-refractivity contribution is 7.90. The maximum atomic E-state index is 12.1. The van der Waals surface area contributed by atoms with Crippen LogP contribution in [0.3, 0.4) is 0 Å². The van der Waals surface area contributed by atoms with Crippen molar-refractivity contribution in [1.29, 1.82) is 0 Å². The van der Waals surface area contributed by atoms with E-state index in [-0.39, 0.29) is 0 Å². The number of benzene rings is 1. The first kappa shape index (κ1) is 24.7. The van der Waals surface area contributed by atoms with E-state index in [1.165, 1.54) is 57.7 Å². The smallest absolute Gasteiger partial charge is 0.175 e. The largest absolute Gasteiger partial charge is 0.325 e. The van der Waals surface area contributed by atoms with Crippen LogP contribution in [0.15, 0.2) is 23.1 Å². The molecule has 1 aromatic carbocycles. The average Bonchev–Trinajstić information content (AvgIpc) is 3.13. The van der Waals surface area contributed by atoms with Crippen LogP contribution in [-0.4, -0.2) is 61.8 Å². The van der Waals surface area contributed by atoms with Gasteiger partial charge in [0.1, 0.15) is 5.82 Å². The van der Waals surface area contributed by atoms with E-state index >= 15 is 0 Å². The zero-order chi connectivity index (χ0) is 23.3. The normalized spacial score (nSPS) is 20.2. The van der Waals surface area contributed by atoms with E-state index in [9.17, 15) is 8.42 Å². The number of piperidine rings is 1. The number of likely N-dealkylation sites (tertiary alicyclic amines) is 1. The molecule has 1 saturated carbocycles. The second kappa shape index (κ2) is 11.3. The molecule has 7 heteroatoms. The Morgan fingerprint density at radius 2 is 1.73 bits per heavy atom. The molecule has 1 saturated heterocycles. The zero-order valence-corrected chi connectivity index (χ0v) is 21.4. The van der Waals surface area contributed by atoms with Gasteiger partial charge in [0.2, 0.25) is 0 Å². The van der Waals surface area contributed by atoms with Gasteiger partial charge in [0, 0.05) is 44.9 Å². The van der Waals surface area contributed by atoms with Crippen LogP contribution in [0.5, 0.6) is 0 Å². The lowest BCUT2D eigenvalue weighted by Gasteiger charge is -2.36. The van der Waals surface area contributed by atoms with Gasteiger partial charge in [-0.2, -0.15) is 0 Å². The summed E-state index contributed by atoms with van der Waals surface area (Å²) in [6.45, 7) is 7.51. The van der Waals surface area contributed by atoms with E-state index in [0.29, 0.717) is 10.9 Å². The number of hydrogen-bond donors (Lipinski definition) is 1. The Hall–Kier alpha value is -1.44. The number of nitrogens with zero attached hydrogens (tertiary/aromatic N) is 3. The van der Waals surface area contributed by atoms with Gasteiger partial charge in [-0.1, -0.05) is 39.0 Å². The van der Waals surface area contributed by atoms with Crippen molar-refractivity contribution in [1.82, 2.24) is 19.8 Å². The molecule has 2 aromatic rings. The van der Waals surface area contributed by atoms with Crippen LogP contribution in [0.1, 0.15) is 76.6 Å². The minimum absolute atomic E-state index is 0.354. The Balaban J connectivity index is 1.48. The molecule has 0 radical (unpaired) electrons. The highest BCUT2D eigenvalue weighted by Gasteiger charge is 2.26. The number of sulfone groups is 1. The van der Waals surface area contributed by atoms with Crippen molar-refractivity contribution in [2.24, 2.45) is 5.92 Å². The maximum absolute atomic E-state index is 12.1. The molecule has 4 rings (SSSR count). The third kappa shape index (κ3) is 6.37. The second-order valence-electron chi connectivity index (χ2n) is 10.2. The van der Waals surface area contributed by atoms with Crippen molar-refractivity contribution >= 4 is 20.9 Å². The lowest BCUT2D eigenvalue weighted by molar-refractivity contribution is 0.152. The first-order valence-corrected chi connectivity index (χ1v) is 15.0. The molecule has 6 nitrogen and oxygen atoms in total. The van der Waals surface area contributed by atoms with Gasteiger partial charge >= 0.3 is 0 Å². The monoisotopic (exact) mass is 474 g/mol. The van der Waals surface area contributed by atoms with Crippen molar-refractivity contribution in [2.45, 2.75) is 82.1 Å². The number of rotatable bonds is 8. The van der Waals surface area contributed by atoms with Gasteiger partial charge in [-0.3, -0.25) is 0 Å². The third-order valence-electron chi connectivity index (χ3n) is 7.60. The van der Waals surface area contributed by atoms with Crippen LogP contribution in [0.2, 0.25) is 0 Å². The van der Waals surface area contributed by atoms with Gasteiger partial charge in [0.15, 0.2) is 9.84 Å². The number of likely N-dealkylation sites (N-methyl/N-ethyl adjacent to an activating group) is 1. The van der Waals surface area contributed by atoms with Crippen molar-refractivity contribution in [3.05, 3.63) is 24.0 Å². The summed E-state index contributed by atoms with van der Waals surface area (Å²) in [5.74, 6) is 1.95. The molecule has 1 aliphatic heterocycles. The number of nitrogens with one attached hydrogen (secondary N) is 1. The molecule has 2 aliphatic rings. The van der Waals surface area contributed by atoms with E-state index in [1.807, 2.05) is 6.07 Å². The molecule has 0 atom stereocenters. The Kier molecular flexibility index (Phi) is 8.47.